The average molecular weight is 331 g/mol. The summed E-state index contributed by atoms with van der Waals surface area (Å²) in [5.74, 6) is 0.221. The fourth-order valence-electron chi connectivity index (χ4n) is 2.85. The van der Waals surface area contributed by atoms with Gasteiger partial charge in [0.05, 0.1) is 18.0 Å². The number of anilines is 1. The van der Waals surface area contributed by atoms with E-state index in [1.165, 1.54) is 0 Å². The van der Waals surface area contributed by atoms with Crippen LogP contribution in [-0.2, 0) is 0 Å². The molecule has 0 aliphatic carbocycles. The molecule has 3 rings (SSSR count). The van der Waals surface area contributed by atoms with Gasteiger partial charge in [-0.25, -0.2) is 4.79 Å². The lowest BCUT2D eigenvalue weighted by Gasteiger charge is -2.34. The van der Waals surface area contributed by atoms with Gasteiger partial charge in [0, 0.05) is 23.7 Å². The minimum absolute atomic E-state index is 0.0975. The largest absolute Gasteiger partial charge is 0.387 e. The second-order valence-electron chi connectivity index (χ2n) is 5.90. The van der Waals surface area contributed by atoms with Crippen molar-refractivity contribution in [2.45, 2.75) is 25.9 Å². The van der Waals surface area contributed by atoms with Crippen LogP contribution in [0.1, 0.15) is 29.5 Å². The van der Waals surface area contributed by atoms with Gasteiger partial charge in [0.2, 0.25) is 0 Å². The number of aryl methyl sites for hydroxylation is 1. The molecule has 0 aromatic carbocycles. The molecule has 2 aromatic rings. The van der Waals surface area contributed by atoms with Crippen LogP contribution in [0.25, 0.3) is 0 Å². The van der Waals surface area contributed by atoms with E-state index in [0.29, 0.717) is 18.8 Å². The molecule has 6 heteroatoms. The third-order valence-corrected chi connectivity index (χ3v) is 5.21. The Bertz CT molecular complexity index is 634. The number of aromatic nitrogens is 1. The van der Waals surface area contributed by atoms with Crippen molar-refractivity contribution in [3.8, 4) is 0 Å². The molecule has 2 N–H and O–H groups in total. The van der Waals surface area contributed by atoms with Crippen molar-refractivity contribution in [3.05, 3.63) is 46.4 Å². The molecule has 0 spiro atoms. The highest BCUT2D eigenvalue weighted by Gasteiger charge is 2.28. The lowest BCUT2D eigenvalue weighted by atomic mass is 9.90. The number of nitrogens with one attached hydrogen (secondary N) is 1. The highest BCUT2D eigenvalue weighted by molar-refractivity contribution is 7.10. The Labute approximate surface area is 140 Å². The van der Waals surface area contributed by atoms with Gasteiger partial charge in [0.25, 0.3) is 0 Å². The number of hydrogen-bond acceptors (Lipinski definition) is 4. The molecule has 1 saturated heterocycles. The number of rotatable bonds is 3. The topological polar surface area (TPSA) is 65.5 Å². The Morgan fingerprint density at radius 1 is 1.39 bits per heavy atom. The molecular formula is C17H21N3O2S. The number of aliphatic hydroxyl groups is 1. The summed E-state index contributed by atoms with van der Waals surface area (Å²) in [5.41, 5.74) is 1.63. The maximum Gasteiger partial charge on any atom is 0.321 e. The first-order valence-corrected chi connectivity index (χ1v) is 8.71. The van der Waals surface area contributed by atoms with Crippen molar-refractivity contribution in [3.63, 3.8) is 0 Å². The van der Waals surface area contributed by atoms with Gasteiger partial charge in [-0.3, -0.25) is 4.98 Å². The number of carbonyl (C=O) groups excluding carboxylic acids is 1. The van der Waals surface area contributed by atoms with Gasteiger partial charge in [-0.05, 0) is 49.3 Å². The summed E-state index contributed by atoms with van der Waals surface area (Å²) in [4.78, 5) is 19.3. The molecule has 23 heavy (non-hydrogen) atoms. The highest BCUT2D eigenvalue weighted by Crippen LogP contribution is 2.33. The number of nitrogens with zero attached hydrogens (tertiary/aromatic N) is 2. The van der Waals surface area contributed by atoms with E-state index in [1.54, 1.807) is 22.4 Å². The quantitative estimate of drug-likeness (QED) is 0.905. The predicted molar refractivity (Wildman–Crippen MR) is 91.6 cm³/mol. The number of thiophene rings is 1. The second-order valence-corrected chi connectivity index (χ2v) is 6.88. The Balaban J connectivity index is 1.52. The first-order valence-electron chi connectivity index (χ1n) is 7.83. The monoisotopic (exact) mass is 331 g/mol. The average Bonchev–Trinajstić information content (AvgIpc) is 3.11. The first kappa shape index (κ1) is 16.0. The molecule has 3 heterocycles. The zero-order chi connectivity index (χ0) is 16.2. The summed E-state index contributed by atoms with van der Waals surface area (Å²) in [6, 6.07) is 7.56. The van der Waals surface area contributed by atoms with Crippen LogP contribution in [0.15, 0.2) is 35.8 Å². The maximum atomic E-state index is 12.3. The standard InChI is InChI=1S/C17H21N3O2S/c1-12-4-5-14(11-18-12)19-17(22)20-8-6-13(7-9-20)16(21)15-3-2-10-23-15/h2-5,10-11,13,16,21H,6-9H2,1H3,(H,19,22). The summed E-state index contributed by atoms with van der Waals surface area (Å²) in [5, 5.41) is 15.3. The fourth-order valence-corrected chi connectivity index (χ4v) is 3.66. The van der Waals surface area contributed by atoms with Crippen LogP contribution in [-0.4, -0.2) is 34.1 Å². The number of aliphatic hydroxyl groups excluding tert-OH is 1. The van der Waals surface area contributed by atoms with Crippen LogP contribution >= 0.6 is 11.3 Å². The van der Waals surface area contributed by atoms with E-state index in [-0.39, 0.29) is 11.9 Å². The van der Waals surface area contributed by atoms with Crippen LogP contribution in [0.5, 0.6) is 0 Å². The lowest BCUT2D eigenvalue weighted by molar-refractivity contribution is 0.0708. The summed E-state index contributed by atoms with van der Waals surface area (Å²) < 4.78 is 0. The van der Waals surface area contributed by atoms with E-state index in [2.05, 4.69) is 10.3 Å². The van der Waals surface area contributed by atoms with Crippen molar-refractivity contribution in [2.24, 2.45) is 5.92 Å². The van der Waals surface area contributed by atoms with E-state index in [9.17, 15) is 9.90 Å². The number of piperidine rings is 1. The number of likely N-dealkylation sites (tertiary alicyclic amines) is 1. The van der Waals surface area contributed by atoms with Gasteiger partial charge < -0.3 is 15.3 Å². The normalized spacial score (nSPS) is 17.0. The molecule has 1 unspecified atom stereocenters. The number of carbonyl (C=O) groups is 1. The zero-order valence-corrected chi connectivity index (χ0v) is 13.9. The van der Waals surface area contributed by atoms with Crippen LogP contribution < -0.4 is 5.32 Å². The van der Waals surface area contributed by atoms with Gasteiger partial charge in [0.15, 0.2) is 0 Å². The lowest BCUT2D eigenvalue weighted by Crippen LogP contribution is -2.42. The first-order chi connectivity index (χ1) is 11.1. The van der Waals surface area contributed by atoms with Crippen molar-refractivity contribution in [1.29, 1.82) is 0 Å². The van der Waals surface area contributed by atoms with Gasteiger partial charge in [0.1, 0.15) is 0 Å². The molecule has 1 fully saturated rings. The van der Waals surface area contributed by atoms with E-state index in [4.69, 9.17) is 0 Å². The van der Waals surface area contributed by atoms with Crippen LogP contribution in [0.3, 0.4) is 0 Å². The molecule has 0 bridgehead atoms. The predicted octanol–water partition coefficient (Wildman–Crippen LogP) is 3.43. The molecule has 1 aliphatic rings. The molecule has 1 aliphatic heterocycles. The molecule has 0 radical (unpaired) electrons. The van der Waals surface area contributed by atoms with Gasteiger partial charge in [-0.1, -0.05) is 6.07 Å². The Kier molecular flexibility index (Phi) is 4.93. The molecule has 122 valence electrons. The van der Waals surface area contributed by atoms with Crippen LogP contribution in [0.4, 0.5) is 10.5 Å². The molecule has 0 saturated carbocycles. The number of amides is 2. The minimum atomic E-state index is -0.415. The third-order valence-electron chi connectivity index (χ3n) is 4.27. The summed E-state index contributed by atoms with van der Waals surface area (Å²) in [6.45, 7) is 3.24. The van der Waals surface area contributed by atoms with Crippen molar-refractivity contribution in [1.82, 2.24) is 9.88 Å². The highest BCUT2D eigenvalue weighted by atomic mass is 32.1. The Morgan fingerprint density at radius 2 is 2.17 bits per heavy atom. The van der Waals surface area contributed by atoms with Crippen molar-refractivity contribution < 1.29 is 9.90 Å². The van der Waals surface area contributed by atoms with E-state index in [1.807, 2.05) is 36.6 Å². The van der Waals surface area contributed by atoms with Gasteiger partial charge in [-0.2, -0.15) is 0 Å². The number of pyridine rings is 1. The van der Waals surface area contributed by atoms with Crippen LogP contribution in [0.2, 0.25) is 0 Å². The molecule has 1 atom stereocenters. The third kappa shape index (κ3) is 3.89. The zero-order valence-electron chi connectivity index (χ0n) is 13.1. The Morgan fingerprint density at radius 3 is 2.78 bits per heavy atom. The summed E-state index contributed by atoms with van der Waals surface area (Å²) >= 11 is 1.58. The van der Waals surface area contributed by atoms with Crippen molar-refractivity contribution >= 4 is 23.1 Å². The van der Waals surface area contributed by atoms with Crippen LogP contribution in [0, 0.1) is 12.8 Å². The molecule has 2 amide bonds. The number of urea groups is 1. The summed E-state index contributed by atoms with van der Waals surface area (Å²) in [7, 11) is 0. The maximum absolute atomic E-state index is 12.3. The molecule has 5 nitrogen and oxygen atoms in total. The van der Waals surface area contributed by atoms with Crippen molar-refractivity contribution in [2.75, 3.05) is 18.4 Å². The second kappa shape index (κ2) is 7.10. The van der Waals surface area contributed by atoms with Gasteiger partial charge in [-0.15, -0.1) is 11.3 Å². The fraction of sp³-hybridized carbons (Fsp3) is 0.412. The Hall–Kier alpha value is -1.92. The van der Waals surface area contributed by atoms with E-state index >= 15 is 0 Å². The number of hydrogen-bond donors (Lipinski definition) is 2. The SMILES string of the molecule is Cc1ccc(NC(=O)N2CCC(C(O)c3cccs3)CC2)cn1. The minimum Gasteiger partial charge on any atom is -0.387 e. The summed E-state index contributed by atoms with van der Waals surface area (Å²) in [6.07, 6.45) is 2.89. The van der Waals surface area contributed by atoms with E-state index in [0.717, 1.165) is 23.4 Å². The smallest absolute Gasteiger partial charge is 0.321 e. The molecular weight excluding hydrogens is 310 g/mol. The molecule has 2 aromatic heterocycles. The van der Waals surface area contributed by atoms with E-state index < -0.39 is 6.10 Å². The van der Waals surface area contributed by atoms with Gasteiger partial charge >= 0.3 is 6.03 Å².